The summed E-state index contributed by atoms with van der Waals surface area (Å²) >= 11 is 3.48. The molecule has 0 aliphatic heterocycles. The first-order valence-corrected chi connectivity index (χ1v) is 6.58. The van der Waals surface area contributed by atoms with E-state index in [4.69, 9.17) is 4.84 Å². The number of nitrogens with one attached hydrogen (secondary N) is 1. The second-order valence-electron chi connectivity index (χ2n) is 4.03. The summed E-state index contributed by atoms with van der Waals surface area (Å²) in [4.78, 5) is 19.5. The molecule has 0 bridgehead atoms. The number of hydrogen-bond donors (Lipinski definition) is 1. The molecule has 1 aromatic carbocycles. The minimum absolute atomic E-state index is 0.126. The molecule has 0 aliphatic carbocycles. The third-order valence-corrected chi connectivity index (χ3v) is 3.52. The second kappa shape index (κ2) is 5.54. The van der Waals surface area contributed by atoms with Crippen LogP contribution in [-0.2, 0) is 16.1 Å². The van der Waals surface area contributed by atoms with Crippen LogP contribution in [-0.4, -0.2) is 28.0 Å². The first kappa shape index (κ1) is 13.1. The van der Waals surface area contributed by atoms with Crippen LogP contribution >= 0.6 is 15.9 Å². The van der Waals surface area contributed by atoms with Gasteiger partial charge >= 0.3 is 0 Å². The van der Waals surface area contributed by atoms with Gasteiger partial charge in [0.25, 0.3) is 0 Å². The van der Waals surface area contributed by atoms with Crippen LogP contribution in [0.25, 0.3) is 10.9 Å². The van der Waals surface area contributed by atoms with Crippen molar-refractivity contribution in [3.63, 3.8) is 0 Å². The molecule has 5 heteroatoms. The molecule has 0 fully saturated rings. The Bertz CT molecular complexity index is 553. The zero-order valence-corrected chi connectivity index (χ0v) is 11.9. The van der Waals surface area contributed by atoms with Crippen molar-refractivity contribution in [2.45, 2.75) is 18.3 Å². The van der Waals surface area contributed by atoms with Crippen molar-refractivity contribution >= 4 is 32.7 Å². The van der Waals surface area contributed by atoms with Crippen LogP contribution in [0, 0.1) is 0 Å². The van der Waals surface area contributed by atoms with Gasteiger partial charge in [0, 0.05) is 30.4 Å². The van der Waals surface area contributed by atoms with Crippen LogP contribution in [0.3, 0.4) is 0 Å². The molecular weight excluding hydrogens is 296 g/mol. The van der Waals surface area contributed by atoms with E-state index >= 15 is 0 Å². The largest absolute Gasteiger partial charge is 0.361 e. The standard InChI is InChI=1S/C13H15BrN2O2/c1-9(17)16(18-2)13(14)7-10-8-15-12-6-4-3-5-11(10)12/h3-6,8,13,15H,7H2,1-2H3. The van der Waals surface area contributed by atoms with E-state index in [1.807, 2.05) is 24.4 Å². The van der Waals surface area contributed by atoms with Crippen molar-refractivity contribution in [3.05, 3.63) is 36.0 Å². The number of benzene rings is 1. The fraction of sp³-hybridized carbons (Fsp3) is 0.308. The number of hydroxylamine groups is 2. The third-order valence-electron chi connectivity index (χ3n) is 2.82. The quantitative estimate of drug-likeness (QED) is 0.536. The van der Waals surface area contributed by atoms with Crippen LogP contribution < -0.4 is 0 Å². The predicted octanol–water partition coefficient (Wildman–Crippen LogP) is 2.84. The number of halogens is 1. The Hall–Kier alpha value is -1.33. The van der Waals surface area contributed by atoms with Crippen molar-refractivity contribution < 1.29 is 9.63 Å². The van der Waals surface area contributed by atoms with Gasteiger partial charge in [0.15, 0.2) is 0 Å². The third kappa shape index (κ3) is 2.57. The summed E-state index contributed by atoms with van der Waals surface area (Å²) in [6.07, 6.45) is 2.64. The van der Waals surface area contributed by atoms with Crippen molar-refractivity contribution in [1.29, 1.82) is 0 Å². The molecule has 0 spiro atoms. The van der Waals surface area contributed by atoms with E-state index in [2.05, 4.69) is 27.0 Å². The van der Waals surface area contributed by atoms with E-state index in [-0.39, 0.29) is 10.9 Å². The van der Waals surface area contributed by atoms with Gasteiger partial charge in [0.1, 0.15) is 4.95 Å². The number of amides is 1. The number of aromatic amines is 1. The van der Waals surface area contributed by atoms with E-state index < -0.39 is 0 Å². The van der Waals surface area contributed by atoms with Crippen molar-refractivity contribution in [3.8, 4) is 0 Å². The Balaban J connectivity index is 2.21. The second-order valence-corrected chi connectivity index (χ2v) is 5.08. The van der Waals surface area contributed by atoms with Gasteiger partial charge in [-0.1, -0.05) is 34.1 Å². The first-order chi connectivity index (χ1) is 8.63. The smallest absolute Gasteiger partial charge is 0.244 e. The topological polar surface area (TPSA) is 45.3 Å². The summed E-state index contributed by atoms with van der Waals surface area (Å²) in [6, 6.07) is 8.08. The Labute approximate surface area is 114 Å². The molecule has 2 rings (SSSR count). The number of aromatic nitrogens is 1. The summed E-state index contributed by atoms with van der Waals surface area (Å²) in [5, 5.41) is 2.49. The maximum atomic E-state index is 11.4. The fourth-order valence-electron chi connectivity index (χ4n) is 2.01. The van der Waals surface area contributed by atoms with Crippen molar-refractivity contribution in [2.75, 3.05) is 7.11 Å². The Kier molecular flexibility index (Phi) is 4.04. The maximum absolute atomic E-state index is 11.4. The molecule has 4 nitrogen and oxygen atoms in total. The van der Waals surface area contributed by atoms with Crippen molar-refractivity contribution in [2.24, 2.45) is 0 Å². The molecule has 1 atom stereocenters. The van der Waals surface area contributed by atoms with E-state index in [9.17, 15) is 4.79 Å². The molecule has 2 aromatic rings. The van der Waals surface area contributed by atoms with Crippen LogP contribution in [0.15, 0.2) is 30.5 Å². The maximum Gasteiger partial charge on any atom is 0.244 e. The van der Waals surface area contributed by atoms with Crippen LogP contribution in [0.5, 0.6) is 0 Å². The van der Waals surface area contributed by atoms with Gasteiger partial charge in [-0.25, -0.2) is 5.06 Å². The molecule has 0 saturated heterocycles. The summed E-state index contributed by atoms with van der Waals surface area (Å²) in [5.41, 5.74) is 2.25. The number of alkyl halides is 1. The highest BCUT2D eigenvalue weighted by molar-refractivity contribution is 9.09. The minimum Gasteiger partial charge on any atom is -0.361 e. The molecular formula is C13H15BrN2O2. The summed E-state index contributed by atoms with van der Waals surface area (Å²) in [5.74, 6) is -0.126. The van der Waals surface area contributed by atoms with Gasteiger partial charge in [0.2, 0.25) is 5.91 Å². The highest BCUT2D eigenvalue weighted by Crippen LogP contribution is 2.22. The van der Waals surface area contributed by atoms with Gasteiger partial charge in [-0.15, -0.1) is 0 Å². The fourth-order valence-corrected chi connectivity index (χ4v) is 2.81. The van der Waals surface area contributed by atoms with Gasteiger partial charge in [-0.3, -0.25) is 9.63 Å². The Morgan fingerprint density at radius 3 is 2.89 bits per heavy atom. The average molecular weight is 311 g/mol. The Morgan fingerprint density at radius 1 is 1.50 bits per heavy atom. The number of carbonyl (C=O) groups excluding carboxylic acids is 1. The monoisotopic (exact) mass is 310 g/mol. The molecule has 1 N–H and O–H groups in total. The number of fused-ring (bicyclic) bond motifs is 1. The van der Waals surface area contributed by atoms with Gasteiger partial charge in [-0.05, 0) is 11.6 Å². The van der Waals surface area contributed by atoms with Crippen LogP contribution in [0.1, 0.15) is 12.5 Å². The molecule has 1 aromatic heterocycles. The number of carbonyl (C=O) groups is 1. The lowest BCUT2D eigenvalue weighted by molar-refractivity contribution is -0.176. The Morgan fingerprint density at radius 2 is 2.22 bits per heavy atom. The van der Waals surface area contributed by atoms with E-state index in [1.165, 1.54) is 24.5 Å². The lowest BCUT2D eigenvalue weighted by Gasteiger charge is -2.23. The molecule has 96 valence electrons. The SMILES string of the molecule is CON(C(C)=O)C(Br)Cc1c[nH]c2ccccc12. The highest BCUT2D eigenvalue weighted by atomic mass is 79.9. The number of para-hydroxylation sites is 1. The normalized spacial score (nSPS) is 12.6. The minimum atomic E-state index is -0.181. The van der Waals surface area contributed by atoms with E-state index in [1.54, 1.807) is 0 Å². The van der Waals surface area contributed by atoms with Crippen molar-refractivity contribution in [1.82, 2.24) is 10.0 Å². The lowest BCUT2D eigenvalue weighted by Crippen LogP contribution is -2.35. The lowest BCUT2D eigenvalue weighted by atomic mass is 10.1. The van der Waals surface area contributed by atoms with Crippen LogP contribution in [0.2, 0.25) is 0 Å². The zero-order valence-electron chi connectivity index (χ0n) is 10.3. The van der Waals surface area contributed by atoms with Gasteiger partial charge < -0.3 is 4.98 Å². The number of rotatable bonds is 4. The van der Waals surface area contributed by atoms with Gasteiger partial charge in [0.05, 0.1) is 7.11 Å². The van der Waals surface area contributed by atoms with Gasteiger partial charge in [-0.2, -0.15) is 0 Å². The predicted molar refractivity (Wildman–Crippen MR) is 74.2 cm³/mol. The molecule has 0 saturated carbocycles. The van der Waals surface area contributed by atoms with E-state index in [0.717, 1.165) is 11.1 Å². The summed E-state index contributed by atoms with van der Waals surface area (Å²) < 4.78 is 0. The first-order valence-electron chi connectivity index (χ1n) is 5.66. The summed E-state index contributed by atoms with van der Waals surface area (Å²) in [7, 11) is 1.49. The highest BCUT2D eigenvalue weighted by Gasteiger charge is 2.19. The number of H-pyrrole nitrogens is 1. The average Bonchev–Trinajstić information content (AvgIpc) is 2.73. The number of nitrogens with zero attached hydrogens (tertiary/aromatic N) is 1. The molecule has 1 amide bonds. The molecule has 1 heterocycles. The molecule has 18 heavy (non-hydrogen) atoms. The number of hydrogen-bond acceptors (Lipinski definition) is 2. The molecule has 0 radical (unpaired) electrons. The molecule has 1 unspecified atom stereocenters. The van der Waals surface area contributed by atoms with E-state index in [0.29, 0.717) is 6.42 Å². The zero-order chi connectivity index (χ0) is 13.1. The molecule has 0 aliphatic rings. The van der Waals surface area contributed by atoms with Crippen LogP contribution in [0.4, 0.5) is 0 Å². The summed E-state index contributed by atoms with van der Waals surface area (Å²) in [6.45, 7) is 1.48.